The summed E-state index contributed by atoms with van der Waals surface area (Å²) in [7, 11) is 0. The van der Waals surface area contributed by atoms with Crippen LogP contribution in [0.25, 0.3) is 0 Å². The molecule has 0 saturated carbocycles. The Morgan fingerprint density at radius 2 is 1.30 bits per heavy atom. The Morgan fingerprint density at radius 1 is 0.757 bits per heavy atom. The molecular weight excluding hydrogens is 516 g/mol. The van der Waals surface area contributed by atoms with Crippen molar-refractivity contribution >= 4 is 57.3 Å². The van der Waals surface area contributed by atoms with Gasteiger partial charge in [-0.25, -0.2) is 4.79 Å². The van der Waals surface area contributed by atoms with Crippen LogP contribution in [0.5, 0.6) is 0 Å². The van der Waals surface area contributed by atoms with Gasteiger partial charge < -0.3 is 15.7 Å². The molecule has 0 aliphatic carbocycles. The lowest BCUT2D eigenvalue weighted by Crippen LogP contribution is -2.44. The molecule has 0 bridgehead atoms. The molecule has 0 radical (unpaired) electrons. The number of carbonyl (C=O) groups excluding carboxylic acids is 5. The summed E-state index contributed by atoms with van der Waals surface area (Å²) in [6.07, 6.45) is 0. The van der Waals surface area contributed by atoms with Crippen molar-refractivity contribution in [2.45, 2.75) is 38.8 Å². The number of rotatable bonds is 12. The average molecular weight is 545 g/mol. The molecule has 2 amide bonds. The van der Waals surface area contributed by atoms with E-state index in [1.54, 1.807) is 55.5 Å². The van der Waals surface area contributed by atoms with Gasteiger partial charge in [0.25, 0.3) is 0 Å². The van der Waals surface area contributed by atoms with E-state index >= 15 is 0 Å². The fourth-order valence-corrected chi connectivity index (χ4v) is 5.19. The normalized spacial score (nSPS) is 13.1. The van der Waals surface area contributed by atoms with Crippen molar-refractivity contribution in [3.8, 4) is 0 Å². The van der Waals surface area contributed by atoms with E-state index < -0.39 is 40.9 Å². The molecule has 0 spiro atoms. The van der Waals surface area contributed by atoms with Crippen molar-refractivity contribution in [1.82, 2.24) is 10.6 Å². The molecule has 3 unspecified atom stereocenters. The standard InChI is InChI=1S/C26H28N2O7S2/c1-15(19-10-7-11-20(12-19)23(31)18-8-5-4-6-9-18)25(34)36-14-22(28-17(3)30)26(35)37-13-21(24(32)33)27-16(2)29/h4-12,15,21-22H,13-14H2,1-3H3,(H,27,29)(H,28,30)(H,32,33). The monoisotopic (exact) mass is 544 g/mol. The molecule has 11 heteroatoms. The molecule has 0 heterocycles. The first-order valence-electron chi connectivity index (χ1n) is 11.3. The maximum Gasteiger partial charge on any atom is 0.327 e. The summed E-state index contributed by atoms with van der Waals surface area (Å²) in [6.45, 7) is 4.09. The lowest BCUT2D eigenvalue weighted by molar-refractivity contribution is -0.140. The minimum absolute atomic E-state index is 0.0604. The first kappa shape index (κ1) is 29.8. The van der Waals surface area contributed by atoms with Crippen molar-refractivity contribution in [2.75, 3.05) is 11.5 Å². The fraction of sp³-hybridized carbons (Fsp3) is 0.308. The lowest BCUT2D eigenvalue weighted by Gasteiger charge is -2.18. The van der Waals surface area contributed by atoms with Crippen molar-refractivity contribution < 1.29 is 33.9 Å². The van der Waals surface area contributed by atoms with E-state index in [2.05, 4.69) is 10.6 Å². The summed E-state index contributed by atoms with van der Waals surface area (Å²) in [6, 6.07) is 13.3. The highest BCUT2D eigenvalue weighted by molar-refractivity contribution is 8.15. The molecule has 3 N–H and O–H groups in total. The molecule has 196 valence electrons. The SMILES string of the molecule is CC(=O)NC(CSC(=O)C(CSC(=O)C(C)c1cccc(C(=O)c2ccccc2)c1)NC(C)=O)C(=O)O. The number of ketones is 1. The zero-order valence-corrected chi connectivity index (χ0v) is 22.2. The minimum atomic E-state index is -1.29. The third kappa shape index (κ3) is 9.51. The molecule has 9 nitrogen and oxygen atoms in total. The third-order valence-electron chi connectivity index (χ3n) is 5.16. The summed E-state index contributed by atoms with van der Waals surface area (Å²) in [5.41, 5.74) is 1.62. The van der Waals surface area contributed by atoms with E-state index in [0.717, 1.165) is 11.8 Å². The van der Waals surface area contributed by atoms with Gasteiger partial charge in [0.1, 0.15) is 12.1 Å². The predicted octanol–water partition coefficient (Wildman–Crippen LogP) is 2.63. The van der Waals surface area contributed by atoms with E-state index in [1.807, 2.05) is 6.07 Å². The smallest absolute Gasteiger partial charge is 0.327 e. The van der Waals surface area contributed by atoms with Gasteiger partial charge in [-0.2, -0.15) is 0 Å². The Labute approximate surface area is 223 Å². The number of carbonyl (C=O) groups is 6. The first-order chi connectivity index (χ1) is 17.5. The van der Waals surface area contributed by atoms with E-state index in [0.29, 0.717) is 28.5 Å². The van der Waals surface area contributed by atoms with Gasteiger partial charge in [0.05, 0.1) is 5.92 Å². The van der Waals surface area contributed by atoms with Crippen molar-refractivity contribution in [3.05, 3.63) is 71.3 Å². The van der Waals surface area contributed by atoms with Crippen molar-refractivity contribution in [1.29, 1.82) is 0 Å². The van der Waals surface area contributed by atoms with Gasteiger partial charge in [0.2, 0.25) is 16.9 Å². The van der Waals surface area contributed by atoms with Crippen LogP contribution in [0.15, 0.2) is 54.6 Å². The minimum Gasteiger partial charge on any atom is -0.480 e. The van der Waals surface area contributed by atoms with Crippen LogP contribution in [0.3, 0.4) is 0 Å². The van der Waals surface area contributed by atoms with Crippen LogP contribution in [-0.4, -0.2) is 62.5 Å². The molecule has 2 aromatic carbocycles. The van der Waals surface area contributed by atoms with Gasteiger partial charge >= 0.3 is 5.97 Å². The highest BCUT2D eigenvalue weighted by Gasteiger charge is 2.27. The van der Waals surface area contributed by atoms with Crippen LogP contribution in [0, 0.1) is 0 Å². The zero-order valence-electron chi connectivity index (χ0n) is 20.6. The Bertz CT molecular complexity index is 1170. The molecule has 3 atom stereocenters. The van der Waals surface area contributed by atoms with Gasteiger partial charge in [-0.15, -0.1) is 0 Å². The topological polar surface area (TPSA) is 147 Å². The highest BCUT2D eigenvalue weighted by atomic mass is 32.2. The van der Waals surface area contributed by atoms with Crippen LogP contribution in [0.4, 0.5) is 0 Å². The van der Waals surface area contributed by atoms with Gasteiger partial charge in [-0.1, -0.05) is 79.0 Å². The summed E-state index contributed by atoms with van der Waals surface area (Å²) < 4.78 is 0. The quantitative estimate of drug-likeness (QED) is 0.343. The third-order valence-corrected chi connectivity index (χ3v) is 7.37. The van der Waals surface area contributed by atoms with Gasteiger partial charge in [0, 0.05) is 36.5 Å². The molecular formula is C26H28N2O7S2. The summed E-state index contributed by atoms with van der Waals surface area (Å²) in [5.74, 6) is -3.38. The van der Waals surface area contributed by atoms with Gasteiger partial charge in [-0.3, -0.25) is 24.0 Å². The van der Waals surface area contributed by atoms with Crippen LogP contribution in [0.1, 0.15) is 48.2 Å². The second-order valence-electron chi connectivity index (χ2n) is 8.15. The van der Waals surface area contributed by atoms with E-state index in [-0.39, 0.29) is 22.4 Å². The lowest BCUT2D eigenvalue weighted by atomic mass is 9.96. The summed E-state index contributed by atoms with van der Waals surface area (Å²) in [5, 5.41) is 13.1. The van der Waals surface area contributed by atoms with Crippen molar-refractivity contribution in [2.24, 2.45) is 0 Å². The van der Waals surface area contributed by atoms with Crippen molar-refractivity contribution in [3.63, 3.8) is 0 Å². The number of carboxylic acids is 1. The van der Waals surface area contributed by atoms with Gasteiger partial charge in [0.15, 0.2) is 10.9 Å². The number of hydrogen-bond acceptors (Lipinski definition) is 8. The second kappa shape index (κ2) is 14.3. The summed E-state index contributed by atoms with van der Waals surface area (Å²) >= 11 is 1.51. The number of amides is 2. The maximum absolute atomic E-state index is 12.9. The van der Waals surface area contributed by atoms with Crippen LogP contribution >= 0.6 is 23.5 Å². The number of thioether (sulfide) groups is 2. The molecule has 0 aliphatic rings. The van der Waals surface area contributed by atoms with Crippen LogP contribution in [-0.2, 0) is 24.0 Å². The molecule has 37 heavy (non-hydrogen) atoms. The number of aliphatic carboxylic acids is 1. The Balaban J connectivity index is 2.04. The van der Waals surface area contributed by atoms with Crippen LogP contribution in [0.2, 0.25) is 0 Å². The Hall–Kier alpha value is -3.44. The largest absolute Gasteiger partial charge is 0.480 e. The van der Waals surface area contributed by atoms with Gasteiger partial charge in [-0.05, 0) is 11.6 Å². The van der Waals surface area contributed by atoms with E-state index in [4.69, 9.17) is 0 Å². The number of benzene rings is 2. The molecule has 0 aromatic heterocycles. The number of hydrogen-bond donors (Lipinski definition) is 3. The summed E-state index contributed by atoms with van der Waals surface area (Å²) in [4.78, 5) is 72.4. The molecule has 2 aromatic rings. The molecule has 2 rings (SSSR count). The number of carboxylic acid groups (broad SMARTS) is 1. The second-order valence-corrected chi connectivity index (χ2v) is 10.2. The fourth-order valence-electron chi connectivity index (χ4n) is 3.23. The van der Waals surface area contributed by atoms with Crippen LogP contribution < -0.4 is 10.6 Å². The first-order valence-corrected chi connectivity index (χ1v) is 13.3. The molecule has 0 aliphatic heterocycles. The highest BCUT2D eigenvalue weighted by Crippen LogP contribution is 2.25. The average Bonchev–Trinajstić information content (AvgIpc) is 2.87. The zero-order chi connectivity index (χ0) is 27.5. The molecule has 0 fully saturated rings. The van der Waals surface area contributed by atoms with E-state index in [9.17, 15) is 33.9 Å². The number of nitrogens with one attached hydrogen (secondary N) is 2. The maximum atomic E-state index is 12.9. The van der Waals surface area contributed by atoms with E-state index in [1.165, 1.54) is 13.8 Å². The predicted molar refractivity (Wildman–Crippen MR) is 143 cm³/mol. The Morgan fingerprint density at radius 3 is 1.89 bits per heavy atom. The molecule has 0 saturated heterocycles. The Kier molecular flexibility index (Phi) is 11.5.